The molecule has 0 aromatic carbocycles. The molecule has 0 amide bonds. The summed E-state index contributed by atoms with van der Waals surface area (Å²) in [6, 6.07) is 3.88. The van der Waals surface area contributed by atoms with Gasteiger partial charge in [-0.25, -0.2) is 9.78 Å². The van der Waals surface area contributed by atoms with Gasteiger partial charge in [-0.05, 0) is 37.3 Å². The number of aromatic nitrogens is 3. The van der Waals surface area contributed by atoms with E-state index in [4.69, 9.17) is 4.74 Å². The third-order valence-corrected chi connectivity index (χ3v) is 4.80. The Morgan fingerprint density at radius 3 is 2.73 bits per heavy atom. The van der Waals surface area contributed by atoms with E-state index in [0.29, 0.717) is 24.5 Å². The minimum absolute atomic E-state index is 0.267. The molecule has 1 saturated carbocycles. The molecule has 2 aromatic heterocycles. The summed E-state index contributed by atoms with van der Waals surface area (Å²) >= 11 is 0. The van der Waals surface area contributed by atoms with Gasteiger partial charge in [-0.1, -0.05) is 6.42 Å². The van der Waals surface area contributed by atoms with Crippen LogP contribution in [0.15, 0.2) is 34.1 Å². The van der Waals surface area contributed by atoms with Gasteiger partial charge >= 0.3 is 5.69 Å². The third-order valence-electron chi connectivity index (χ3n) is 4.80. The molecule has 7 nitrogen and oxygen atoms in total. The maximum atomic E-state index is 12.1. The van der Waals surface area contributed by atoms with Crippen molar-refractivity contribution < 1.29 is 4.74 Å². The summed E-state index contributed by atoms with van der Waals surface area (Å²) in [4.78, 5) is 28.2. The monoisotopic (exact) mass is 358 g/mol. The Balaban J connectivity index is 1.59. The van der Waals surface area contributed by atoms with Crippen molar-refractivity contribution in [3.8, 4) is 5.88 Å². The Labute approximate surface area is 152 Å². The molecule has 1 N–H and O–H groups in total. The van der Waals surface area contributed by atoms with E-state index in [0.717, 1.165) is 23.0 Å². The molecule has 140 valence electrons. The van der Waals surface area contributed by atoms with E-state index < -0.39 is 0 Å². The van der Waals surface area contributed by atoms with Crippen LogP contribution < -0.4 is 21.3 Å². The Kier molecular flexibility index (Phi) is 5.88. The Bertz CT molecular complexity index is 866. The lowest BCUT2D eigenvalue weighted by molar-refractivity contribution is 0.148. The number of pyridine rings is 1. The highest BCUT2D eigenvalue weighted by molar-refractivity contribution is 5.20. The van der Waals surface area contributed by atoms with E-state index in [9.17, 15) is 9.59 Å². The minimum Gasteiger partial charge on any atom is -0.474 e. The highest BCUT2D eigenvalue weighted by atomic mass is 16.5. The van der Waals surface area contributed by atoms with E-state index in [1.54, 1.807) is 19.4 Å². The number of rotatable bonds is 6. The lowest BCUT2D eigenvalue weighted by Gasteiger charge is -2.22. The van der Waals surface area contributed by atoms with E-state index in [1.807, 2.05) is 12.1 Å². The summed E-state index contributed by atoms with van der Waals surface area (Å²) in [6.45, 7) is 0.984. The first kappa shape index (κ1) is 18.4. The SMILES string of the molecule is Cn1cc(CNCc2ccnc(OC3CCCCC3)c2)c(=O)n(C)c1=O. The second kappa shape index (κ2) is 8.31. The van der Waals surface area contributed by atoms with Crippen LogP contribution in [0.25, 0.3) is 0 Å². The third kappa shape index (κ3) is 4.40. The van der Waals surface area contributed by atoms with Gasteiger partial charge in [0.2, 0.25) is 5.88 Å². The average Bonchev–Trinajstić information content (AvgIpc) is 2.65. The average molecular weight is 358 g/mol. The fraction of sp³-hybridized carbons (Fsp3) is 0.526. The van der Waals surface area contributed by atoms with Gasteiger partial charge in [0.15, 0.2) is 0 Å². The Morgan fingerprint density at radius 1 is 1.19 bits per heavy atom. The van der Waals surface area contributed by atoms with Crippen LogP contribution in [0.3, 0.4) is 0 Å². The number of aryl methyl sites for hydroxylation is 1. The van der Waals surface area contributed by atoms with Crippen molar-refractivity contribution in [3.63, 3.8) is 0 Å². The van der Waals surface area contributed by atoms with Crippen LogP contribution in [0.1, 0.15) is 43.2 Å². The van der Waals surface area contributed by atoms with E-state index in [2.05, 4.69) is 10.3 Å². The highest BCUT2D eigenvalue weighted by Crippen LogP contribution is 2.22. The number of ether oxygens (including phenoxy) is 1. The van der Waals surface area contributed by atoms with Gasteiger partial charge in [0, 0.05) is 51.2 Å². The van der Waals surface area contributed by atoms with Crippen molar-refractivity contribution in [1.29, 1.82) is 0 Å². The van der Waals surface area contributed by atoms with Crippen LogP contribution >= 0.6 is 0 Å². The minimum atomic E-state index is -0.322. The van der Waals surface area contributed by atoms with Gasteiger partial charge in [-0.2, -0.15) is 0 Å². The summed E-state index contributed by atoms with van der Waals surface area (Å²) in [5, 5.41) is 3.25. The molecular weight excluding hydrogens is 332 g/mol. The van der Waals surface area contributed by atoms with Crippen LogP contribution in [-0.4, -0.2) is 20.2 Å². The molecule has 3 rings (SSSR count). The fourth-order valence-electron chi connectivity index (χ4n) is 3.32. The van der Waals surface area contributed by atoms with Crippen LogP contribution in [0.4, 0.5) is 0 Å². The predicted molar refractivity (Wildman–Crippen MR) is 99.2 cm³/mol. The number of nitrogens with zero attached hydrogens (tertiary/aromatic N) is 3. The Morgan fingerprint density at radius 2 is 1.96 bits per heavy atom. The van der Waals surface area contributed by atoms with Gasteiger partial charge in [0.05, 0.1) is 0 Å². The molecule has 1 aliphatic rings. The molecule has 1 fully saturated rings. The van der Waals surface area contributed by atoms with Crippen LogP contribution in [0.2, 0.25) is 0 Å². The molecule has 0 aliphatic heterocycles. The Hall–Kier alpha value is -2.41. The van der Waals surface area contributed by atoms with Crippen molar-refractivity contribution in [2.75, 3.05) is 0 Å². The van der Waals surface area contributed by atoms with E-state index in [1.165, 1.54) is 30.9 Å². The molecule has 26 heavy (non-hydrogen) atoms. The summed E-state index contributed by atoms with van der Waals surface area (Å²) in [7, 11) is 3.13. The summed E-state index contributed by atoms with van der Waals surface area (Å²) in [6.07, 6.45) is 9.54. The van der Waals surface area contributed by atoms with Gasteiger partial charge in [-0.3, -0.25) is 9.36 Å². The largest absolute Gasteiger partial charge is 0.474 e. The van der Waals surface area contributed by atoms with Gasteiger partial charge in [0.1, 0.15) is 6.10 Å². The first-order valence-corrected chi connectivity index (χ1v) is 9.12. The zero-order valence-corrected chi connectivity index (χ0v) is 15.4. The molecule has 0 radical (unpaired) electrons. The molecule has 0 spiro atoms. The molecular formula is C19H26N4O3. The zero-order chi connectivity index (χ0) is 18.5. The topological polar surface area (TPSA) is 78.2 Å². The molecule has 0 saturated heterocycles. The van der Waals surface area contributed by atoms with Crippen molar-refractivity contribution in [2.45, 2.75) is 51.3 Å². The smallest absolute Gasteiger partial charge is 0.330 e. The van der Waals surface area contributed by atoms with Crippen LogP contribution in [0.5, 0.6) is 5.88 Å². The molecule has 0 bridgehead atoms. The normalized spacial score (nSPS) is 15.2. The predicted octanol–water partition coefficient (Wildman–Crippen LogP) is 1.48. The van der Waals surface area contributed by atoms with E-state index >= 15 is 0 Å². The van der Waals surface area contributed by atoms with Crippen LogP contribution in [0, 0.1) is 0 Å². The second-order valence-corrected chi connectivity index (χ2v) is 6.90. The lowest BCUT2D eigenvalue weighted by atomic mass is 9.98. The molecule has 2 heterocycles. The molecule has 1 aliphatic carbocycles. The fourth-order valence-corrected chi connectivity index (χ4v) is 3.32. The maximum absolute atomic E-state index is 12.1. The first-order chi connectivity index (χ1) is 12.5. The molecule has 0 unspecified atom stereocenters. The number of nitrogens with one attached hydrogen (secondary N) is 1. The summed E-state index contributed by atoms with van der Waals surface area (Å²) in [5.41, 5.74) is 1.02. The van der Waals surface area contributed by atoms with Crippen molar-refractivity contribution in [1.82, 2.24) is 19.4 Å². The van der Waals surface area contributed by atoms with E-state index in [-0.39, 0.29) is 17.4 Å². The number of hydrogen-bond donors (Lipinski definition) is 1. The maximum Gasteiger partial charge on any atom is 0.330 e. The summed E-state index contributed by atoms with van der Waals surface area (Å²) in [5.74, 6) is 0.661. The molecule has 7 heteroatoms. The zero-order valence-electron chi connectivity index (χ0n) is 15.4. The van der Waals surface area contributed by atoms with Crippen molar-refractivity contribution in [3.05, 3.63) is 56.5 Å². The quantitative estimate of drug-likeness (QED) is 0.846. The van der Waals surface area contributed by atoms with Crippen molar-refractivity contribution >= 4 is 0 Å². The second-order valence-electron chi connectivity index (χ2n) is 6.90. The lowest BCUT2D eigenvalue weighted by Crippen LogP contribution is -2.39. The molecule has 0 atom stereocenters. The number of hydrogen-bond acceptors (Lipinski definition) is 5. The van der Waals surface area contributed by atoms with Gasteiger partial charge in [0.25, 0.3) is 5.56 Å². The van der Waals surface area contributed by atoms with Crippen LogP contribution in [-0.2, 0) is 27.2 Å². The van der Waals surface area contributed by atoms with Gasteiger partial charge < -0.3 is 14.6 Å². The standard InChI is InChI=1S/C19H26N4O3/c1-22-13-15(18(24)23(2)19(22)25)12-20-11-14-8-9-21-17(10-14)26-16-6-4-3-5-7-16/h8-10,13,16,20H,3-7,11-12H2,1-2H3. The van der Waals surface area contributed by atoms with Crippen molar-refractivity contribution in [2.24, 2.45) is 14.1 Å². The highest BCUT2D eigenvalue weighted by Gasteiger charge is 2.15. The molecule has 2 aromatic rings. The summed E-state index contributed by atoms with van der Waals surface area (Å²) < 4.78 is 8.54. The van der Waals surface area contributed by atoms with Gasteiger partial charge in [-0.15, -0.1) is 0 Å². The first-order valence-electron chi connectivity index (χ1n) is 9.12.